The second-order valence-corrected chi connectivity index (χ2v) is 7.67. The van der Waals surface area contributed by atoms with Gasteiger partial charge in [-0.1, -0.05) is 12.1 Å². The van der Waals surface area contributed by atoms with Gasteiger partial charge in [0.1, 0.15) is 11.3 Å². The number of hydrogen-bond donors (Lipinski definition) is 3. The molecule has 164 valence electrons. The fraction of sp³-hybridized carbons (Fsp3) is 0.261. The topological polar surface area (TPSA) is 118 Å². The summed E-state index contributed by atoms with van der Waals surface area (Å²) in [5.41, 5.74) is 2.98. The maximum absolute atomic E-state index is 12.4. The zero-order chi connectivity index (χ0) is 22.5. The van der Waals surface area contributed by atoms with E-state index in [-0.39, 0.29) is 24.2 Å². The summed E-state index contributed by atoms with van der Waals surface area (Å²) in [5.74, 6) is 1.13. The van der Waals surface area contributed by atoms with E-state index in [9.17, 15) is 9.90 Å². The smallest absolute Gasteiger partial charge is 0.253 e. The Morgan fingerprint density at radius 2 is 1.97 bits per heavy atom. The Labute approximate surface area is 185 Å². The van der Waals surface area contributed by atoms with E-state index in [1.807, 2.05) is 16.7 Å². The fourth-order valence-electron chi connectivity index (χ4n) is 3.29. The molecule has 32 heavy (non-hydrogen) atoms. The van der Waals surface area contributed by atoms with Crippen LogP contribution in [0, 0.1) is 0 Å². The first kappa shape index (κ1) is 21.2. The van der Waals surface area contributed by atoms with Gasteiger partial charge in [0.25, 0.3) is 5.91 Å². The molecule has 4 aromatic rings. The molecule has 1 aromatic carbocycles. The van der Waals surface area contributed by atoms with Crippen LogP contribution in [0.5, 0.6) is 5.75 Å². The van der Waals surface area contributed by atoms with Gasteiger partial charge in [-0.2, -0.15) is 0 Å². The molecular formula is C23H25N7O2. The number of phenolic OH excluding ortho intramolecular Hbond substituents is 1. The van der Waals surface area contributed by atoms with E-state index in [0.717, 1.165) is 12.0 Å². The highest BCUT2D eigenvalue weighted by molar-refractivity contribution is 5.93. The van der Waals surface area contributed by atoms with Crippen molar-refractivity contribution in [3.05, 3.63) is 72.1 Å². The lowest BCUT2D eigenvalue weighted by Gasteiger charge is -2.12. The van der Waals surface area contributed by atoms with Crippen molar-refractivity contribution in [2.45, 2.75) is 32.9 Å². The SMILES string of the molecule is CC(C)n1cnc2c(NCCc3ccc(O)cc3)nc(CNC(=O)c3cccnc3)nc21. The molecule has 1 amide bonds. The summed E-state index contributed by atoms with van der Waals surface area (Å²) in [7, 11) is 0. The van der Waals surface area contributed by atoms with E-state index in [0.29, 0.717) is 34.9 Å². The molecule has 9 heteroatoms. The number of carbonyl (C=O) groups is 1. The minimum Gasteiger partial charge on any atom is -0.508 e. The molecule has 0 fully saturated rings. The number of nitrogens with zero attached hydrogens (tertiary/aromatic N) is 5. The first-order valence-corrected chi connectivity index (χ1v) is 10.4. The number of phenols is 1. The van der Waals surface area contributed by atoms with Crippen molar-refractivity contribution in [2.24, 2.45) is 0 Å². The third-order valence-electron chi connectivity index (χ3n) is 5.00. The molecule has 0 aliphatic carbocycles. The first-order chi connectivity index (χ1) is 15.5. The molecule has 3 heterocycles. The first-order valence-electron chi connectivity index (χ1n) is 10.4. The van der Waals surface area contributed by atoms with E-state index in [1.54, 1.807) is 36.8 Å². The largest absolute Gasteiger partial charge is 0.508 e. The van der Waals surface area contributed by atoms with Crippen LogP contribution in [-0.2, 0) is 13.0 Å². The van der Waals surface area contributed by atoms with Crippen LogP contribution in [0.3, 0.4) is 0 Å². The standard InChI is InChI=1S/C23H25N7O2/c1-15(2)30-14-27-20-21(25-11-9-16-5-7-18(31)8-6-16)28-19(29-22(20)30)13-26-23(32)17-4-3-10-24-12-17/h3-8,10,12,14-15,31H,9,11,13H2,1-2H3,(H,26,32)(H,25,28,29). The molecule has 4 rings (SSSR count). The molecule has 3 N–H and O–H groups in total. The van der Waals surface area contributed by atoms with E-state index in [2.05, 4.69) is 44.4 Å². The lowest BCUT2D eigenvalue weighted by Crippen LogP contribution is -2.24. The molecule has 0 saturated carbocycles. The van der Waals surface area contributed by atoms with Crippen molar-refractivity contribution in [3.8, 4) is 5.75 Å². The van der Waals surface area contributed by atoms with Crippen LogP contribution < -0.4 is 10.6 Å². The average molecular weight is 432 g/mol. The summed E-state index contributed by atoms with van der Waals surface area (Å²) in [4.78, 5) is 30.1. The number of fused-ring (bicyclic) bond motifs is 1. The van der Waals surface area contributed by atoms with Crippen molar-refractivity contribution in [1.29, 1.82) is 0 Å². The molecule has 0 bridgehead atoms. The van der Waals surface area contributed by atoms with Gasteiger partial charge in [0.15, 0.2) is 17.3 Å². The number of pyridine rings is 1. The number of imidazole rings is 1. The molecule has 0 aliphatic heterocycles. The Morgan fingerprint density at radius 3 is 2.69 bits per heavy atom. The number of aromatic hydroxyl groups is 1. The Balaban J connectivity index is 1.53. The van der Waals surface area contributed by atoms with Crippen LogP contribution in [0.15, 0.2) is 55.1 Å². The Kier molecular flexibility index (Phi) is 6.25. The number of carbonyl (C=O) groups excluding carboxylic acids is 1. The van der Waals surface area contributed by atoms with Gasteiger partial charge in [0.2, 0.25) is 0 Å². The number of benzene rings is 1. The number of nitrogens with one attached hydrogen (secondary N) is 2. The van der Waals surface area contributed by atoms with E-state index < -0.39 is 0 Å². The number of aromatic nitrogens is 5. The molecule has 9 nitrogen and oxygen atoms in total. The van der Waals surface area contributed by atoms with Gasteiger partial charge in [-0.15, -0.1) is 0 Å². The number of hydrogen-bond acceptors (Lipinski definition) is 7. The summed E-state index contributed by atoms with van der Waals surface area (Å²) in [6.07, 6.45) is 5.65. The van der Waals surface area contributed by atoms with Crippen molar-refractivity contribution < 1.29 is 9.90 Å². The molecule has 0 saturated heterocycles. The lowest BCUT2D eigenvalue weighted by atomic mass is 10.1. The second-order valence-electron chi connectivity index (χ2n) is 7.67. The zero-order valence-electron chi connectivity index (χ0n) is 18.0. The monoisotopic (exact) mass is 431 g/mol. The van der Waals surface area contributed by atoms with Gasteiger partial charge in [0, 0.05) is 25.0 Å². The second kappa shape index (κ2) is 9.42. The van der Waals surface area contributed by atoms with Gasteiger partial charge in [0.05, 0.1) is 18.4 Å². The van der Waals surface area contributed by atoms with Crippen LogP contribution >= 0.6 is 0 Å². The summed E-state index contributed by atoms with van der Waals surface area (Å²) < 4.78 is 1.98. The van der Waals surface area contributed by atoms with Gasteiger partial charge in [-0.05, 0) is 50.1 Å². The summed E-state index contributed by atoms with van der Waals surface area (Å²) >= 11 is 0. The summed E-state index contributed by atoms with van der Waals surface area (Å²) in [6, 6.07) is 10.7. The van der Waals surface area contributed by atoms with Crippen LogP contribution in [0.1, 0.15) is 41.6 Å². The number of anilines is 1. The highest BCUT2D eigenvalue weighted by Crippen LogP contribution is 2.22. The third-order valence-corrected chi connectivity index (χ3v) is 5.00. The number of amides is 1. The predicted octanol–water partition coefficient (Wildman–Crippen LogP) is 3.09. The maximum atomic E-state index is 12.4. The molecular weight excluding hydrogens is 406 g/mol. The van der Waals surface area contributed by atoms with E-state index in [4.69, 9.17) is 0 Å². The van der Waals surface area contributed by atoms with Gasteiger partial charge in [-0.25, -0.2) is 15.0 Å². The molecule has 0 unspecified atom stereocenters. The normalized spacial score (nSPS) is 11.1. The highest BCUT2D eigenvalue weighted by Gasteiger charge is 2.15. The molecule has 0 aliphatic rings. The van der Waals surface area contributed by atoms with Crippen LogP contribution in [0.4, 0.5) is 5.82 Å². The van der Waals surface area contributed by atoms with Crippen molar-refractivity contribution in [2.75, 3.05) is 11.9 Å². The molecule has 3 aromatic heterocycles. The van der Waals surface area contributed by atoms with Crippen LogP contribution in [0.2, 0.25) is 0 Å². The molecule has 0 atom stereocenters. The highest BCUT2D eigenvalue weighted by atomic mass is 16.3. The maximum Gasteiger partial charge on any atom is 0.253 e. The minimum atomic E-state index is -0.235. The van der Waals surface area contributed by atoms with Crippen molar-refractivity contribution in [3.63, 3.8) is 0 Å². The third kappa shape index (κ3) is 4.83. The van der Waals surface area contributed by atoms with Gasteiger partial charge < -0.3 is 20.3 Å². The van der Waals surface area contributed by atoms with Gasteiger partial charge >= 0.3 is 0 Å². The Bertz CT molecular complexity index is 1200. The zero-order valence-corrected chi connectivity index (χ0v) is 18.0. The number of rotatable bonds is 8. The van der Waals surface area contributed by atoms with Crippen LogP contribution in [0.25, 0.3) is 11.2 Å². The molecule has 0 spiro atoms. The van der Waals surface area contributed by atoms with Crippen molar-refractivity contribution in [1.82, 2.24) is 29.8 Å². The van der Waals surface area contributed by atoms with Crippen LogP contribution in [-0.4, -0.2) is 42.1 Å². The predicted molar refractivity (Wildman–Crippen MR) is 121 cm³/mol. The van der Waals surface area contributed by atoms with Gasteiger partial charge in [-0.3, -0.25) is 9.78 Å². The fourth-order valence-corrected chi connectivity index (χ4v) is 3.29. The summed E-state index contributed by atoms with van der Waals surface area (Å²) in [5, 5.41) is 15.6. The van der Waals surface area contributed by atoms with Crippen molar-refractivity contribution >= 4 is 22.9 Å². The van der Waals surface area contributed by atoms with E-state index in [1.165, 1.54) is 6.20 Å². The molecule has 0 radical (unpaired) electrons. The van der Waals surface area contributed by atoms with E-state index >= 15 is 0 Å². The average Bonchev–Trinajstić information content (AvgIpc) is 3.24. The minimum absolute atomic E-state index is 0.178. The lowest BCUT2D eigenvalue weighted by molar-refractivity contribution is 0.0949. The quantitative estimate of drug-likeness (QED) is 0.392. The summed E-state index contributed by atoms with van der Waals surface area (Å²) in [6.45, 7) is 4.93. The Hall–Kier alpha value is -4.01. The Morgan fingerprint density at radius 1 is 1.16 bits per heavy atom.